The number of aryl methyl sites for hydroxylation is 1. The highest BCUT2D eigenvalue weighted by atomic mass is 32.1. The van der Waals surface area contributed by atoms with E-state index >= 15 is 0 Å². The number of anilines is 1. The average Bonchev–Trinajstić information content (AvgIpc) is 3.08. The molecule has 0 aliphatic heterocycles. The minimum Gasteiger partial charge on any atom is -0.481 e. The molecule has 2 atom stereocenters. The number of aliphatic carboxylic acids is 1. The number of allylic oxidation sites excluding steroid dienone is 2. The van der Waals surface area contributed by atoms with Crippen LogP contribution in [0.3, 0.4) is 0 Å². The first-order valence-electron chi connectivity index (χ1n) is 10.5. The lowest BCUT2D eigenvalue weighted by Crippen LogP contribution is -2.34. The van der Waals surface area contributed by atoms with Crippen molar-refractivity contribution in [2.75, 3.05) is 11.9 Å². The molecule has 1 heterocycles. The third-order valence-electron chi connectivity index (χ3n) is 5.72. The first-order chi connectivity index (χ1) is 14.0. The molecule has 0 unspecified atom stereocenters. The molecule has 0 bridgehead atoms. The maximum absolute atomic E-state index is 13.0. The zero-order chi connectivity index (χ0) is 20.8. The van der Waals surface area contributed by atoms with Gasteiger partial charge in [-0.2, -0.15) is 0 Å². The van der Waals surface area contributed by atoms with Gasteiger partial charge in [0, 0.05) is 4.88 Å². The number of amides is 1. The van der Waals surface area contributed by atoms with Gasteiger partial charge in [0.1, 0.15) is 5.00 Å². The van der Waals surface area contributed by atoms with Crippen LogP contribution < -0.4 is 5.32 Å². The summed E-state index contributed by atoms with van der Waals surface area (Å²) in [5.74, 6) is -3.08. The number of carboxylic acid groups (broad SMARTS) is 1. The highest BCUT2D eigenvalue weighted by molar-refractivity contribution is 7.17. The normalized spacial score (nSPS) is 22.0. The van der Waals surface area contributed by atoms with Gasteiger partial charge in [-0.15, -0.1) is 11.3 Å². The van der Waals surface area contributed by atoms with Crippen LogP contribution in [-0.2, 0) is 27.2 Å². The molecule has 1 amide bonds. The summed E-state index contributed by atoms with van der Waals surface area (Å²) in [6.45, 7) is 2.04. The van der Waals surface area contributed by atoms with Gasteiger partial charge in [-0.25, -0.2) is 4.79 Å². The number of carbonyl (C=O) groups is 3. The van der Waals surface area contributed by atoms with Crippen LogP contribution in [0.15, 0.2) is 12.2 Å². The van der Waals surface area contributed by atoms with E-state index in [2.05, 4.69) is 5.32 Å². The van der Waals surface area contributed by atoms with Crippen molar-refractivity contribution in [1.29, 1.82) is 0 Å². The molecule has 0 saturated carbocycles. The lowest BCUT2D eigenvalue weighted by Gasteiger charge is -2.24. The molecule has 1 aromatic rings. The van der Waals surface area contributed by atoms with E-state index in [0.717, 1.165) is 42.5 Å². The van der Waals surface area contributed by atoms with Crippen molar-refractivity contribution in [3.8, 4) is 0 Å². The fourth-order valence-electron chi connectivity index (χ4n) is 4.18. The fraction of sp³-hybridized carbons (Fsp3) is 0.591. The van der Waals surface area contributed by atoms with Crippen LogP contribution in [0.5, 0.6) is 0 Å². The van der Waals surface area contributed by atoms with Crippen LogP contribution in [0.25, 0.3) is 0 Å². The van der Waals surface area contributed by atoms with Gasteiger partial charge in [-0.1, -0.05) is 31.4 Å². The van der Waals surface area contributed by atoms with E-state index in [9.17, 15) is 19.5 Å². The van der Waals surface area contributed by atoms with E-state index in [4.69, 9.17) is 4.74 Å². The highest BCUT2D eigenvalue weighted by Crippen LogP contribution is 2.38. The number of carboxylic acids is 1. The minimum atomic E-state index is -0.963. The molecule has 29 heavy (non-hydrogen) atoms. The molecule has 0 fully saturated rings. The predicted molar refractivity (Wildman–Crippen MR) is 112 cm³/mol. The molecule has 2 aliphatic rings. The second kappa shape index (κ2) is 10.1. The molecule has 2 aliphatic carbocycles. The minimum absolute atomic E-state index is 0.269. The van der Waals surface area contributed by atoms with Crippen LogP contribution in [0.2, 0.25) is 0 Å². The summed E-state index contributed by atoms with van der Waals surface area (Å²) in [6, 6.07) is 0. The first-order valence-corrected chi connectivity index (χ1v) is 11.3. The van der Waals surface area contributed by atoms with Gasteiger partial charge in [0.15, 0.2) is 0 Å². The number of fused-ring (bicyclic) bond motifs is 1. The van der Waals surface area contributed by atoms with E-state index in [-0.39, 0.29) is 12.5 Å². The Labute approximate surface area is 175 Å². The van der Waals surface area contributed by atoms with E-state index in [1.165, 1.54) is 24.2 Å². The third-order valence-corrected chi connectivity index (χ3v) is 6.93. The Bertz CT molecular complexity index is 797. The van der Waals surface area contributed by atoms with Gasteiger partial charge >= 0.3 is 11.9 Å². The van der Waals surface area contributed by atoms with E-state index < -0.39 is 23.8 Å². The Kier molecular flexibility index (Phi) is 7.47. The van der Waals surface area contributed by atoms with Crippen LogP contribution >= 0.6 is 11.3 Å². The Morgan fingerprint density at radius 3 is 2.41 bits per heavy atom. The third kappa shape index (κ3) is 5.07. The Balaban J connectivity index is 1.91. The SMILES string of the molecule is CCOC(=O)c1c(NC(=O)[C@@H]2CC=CC[C@H]2C(=O)O)sc2c1CCCCCCC2. The molecular weight excluding hydrogens is 390 g/mol. The first kappa shape index (κ1) is 21.6. The molecule has 1 aromatic heterocycles. The summed E-state index contributed by atoms with van der Waals surface area (Å²) in [7, 11) is 0. The Morgan fingerprint density at radius 1 is 1.07 bits per heavy atom. The molecule has 2 N–H and O–H groups in total. The summed E-state index contributed by atoms with van der Waals surface area (Å²) in [6.07, 6.45) is 11.7. The number of hydrogen-bond donors (Lipinski definition) is 2. The molecule has 0 saturated heterocycles. The van der Waals surface area contributed by atoms with Gasteiger partial charge in [0.2, 0.25) is 5.91 Å². The predicted octanol–water partition coefficient (Wildman–Crippen LogP) is 4.58. The second-order valence-corrected chi connectivity index (χ2v) is 8.78. The molecule has 7 heteroatoms. The molecule has 158 valence electrons. The maximum Gasteiger partial charge on any atom is 0.341 e. The van der Waals surface area contributed by atoms with Gasteiger partial charge in [-0.05, 0) is 51.0 Å². The molecule has 3 rings (SSSR count). The molecule has 0 aromatic carbocycles. The lowest BCUT2D eigenvalue weighted by molar-refractivity contribution is -0.146. The summed E-state index contributed by atoms with van der Waals surface area (Å²) in [4.78, 5) is 38.4. The number of esters is 1. The number of rotatable bonds is 5. The summed E-state index contributed by atoms with van der Waals surface area (Å²) in [5, 5.41) is 12.9. The average molecular weight is 420 g/mol. The van der Waals surface area contributed by atoms with Crippen molar-refractivity contribution in [2.45, 2.75) is 64.7 Å². The molecule has 0 spiro atoms. The van der Waals surface area contributed by atoms with Crippen molar-refractivity contribution in [3.05, 3.63) is 28.2 Å². The van der Waals surface area contributed by atoms with Crippen LogP contribution in [0, 0.1) is 11.8 Å². The smallest absolute Gasteiger partial charge is 0.341 e. The van der Waals surface area contributed by atoms with Crippen molar-refractivity contribution >= 4 is 34.2 Å². The maximum atomic E-state index is 13.0. The summed E-state index contributed by atoms with van der Waals surface area (Å²) in [5.41, 5.74) is 1.48. The molecular formula is C22H29NO5S. The largest absolute Gasteiger partial charge is 0.481 e. The number of thiophene rings is 1. The van der Waals surface area contributed by atoms with Crippen molar-refractivity contribution in [2.24, 2.45) is 11.8 Å². The number of nitrogens with one attached hydrogen (secondary N) is 1. The topological polar surface area (TPSA) is 92.7 Å². The zero-order valence-corrected chi connectivity index (χ0v) is 17.7. The van der Waals surface area contributed by atoms with Crippen LogP contribution in [0.4, 0.5) is 5.00 Å². The summed E-state index contributed by atoms with van der Waals surface area (Å²) < 4.78 is 5.29. The zero-order valence-electron chi connectivity index (χ0n) is 16.9. The van der Waals surface area contributed by atoms with Crippen molar-refractivity contribution in [1.82, 2.24) is 0 Å². The second-order valence-electron chi connectivity index (χ2n) is 7.68. The van der Waals surface area contributed by atoms with Crippen LogP contribution in [-0.4, -0.2) is 29.6 Å². The number of hydrogen-bond acceptors (Lipinski definition) is 5. The van der Waals surface area contributed by atoms with Crippen LogP contribution in [0.1, 0.15) is 72.7 Å². The number of carbonyl (C=O) groups excluding carboxylic acids is 2. The molecule has 6 nitrogen and oxygen atoms in total. The quantitative estimate of drug-likeness (QED) is 0.538. The van der Waals surface area contributed by atoms with Gasteiger partial charge in [0.05, 0.1) is 24.0 Å². The Morgan fingerprint density at radius 2 is 1.72 bits per heavy atom. The highest BCUT2D eigenvalue weighted by Gasteiger charge is 2.35. The van der Waals surface area contributed by atoms with Gasteiger partial charge in [-0.3, -0.25) is 9.59 Å². The van der Waals surface area contributed by atoms with E-state index in [0.29, 0.717) is 23.4 Å². The molecule has 0 radical (unpaired) electrons. The standard InChI is InChI=1S/C22H29NO5S/c1-2-28-22(27)18-16-12-6-4-3-5-7-13-17(16)29-20(18)23-19(24)14-10-8-9-11-15(14)21(25)26/h8-9,14-15H,2-7,10-13H2,1H3,(H,23,24)(H,25,26)/t14-,15-/m1/s1. The van der Waals surface area contributed by atoms with Crippen molar-refractivity contribution < 1.29 is 24.2 Å². The fourth-order valence-corrected chi connectivity index (χ4v) is 5.47. The van der Waals surface area contributed by atoms with E-state index in [1.807, 2.05) is 12.2 Å². The number of ether oxygens (including phenoxy) is 1. The van der Waals surface area contributed by atoms with Gasteiger partial charge in [0.25, 0.3) is 0 Å². The monoisotopic (exact) mass is 419 g/mol. The van der Waals surface area contributed by atoms with Crippen molar-refractivity contribution in [3.63, 3.8) is 0 Å². The van der Waals surface area contributed by atoms with E-state index in [1.54, 1.807) is 6.92 Å². The lowest BCUT2D eigenvalue weighted by atomic mass is 9.82. The summed E-state index contributed by atoms with van der Waals surface area (Å²) >= 11 is 1.45. The van der Waals surface area contributed by atoms with Gasteiger partial charge < -0.3 is 15.2 Å². The Hall–Kier alpha value is -2.15.